The van der Waals surface area contributed by atoms with Gasteiger partial charge < -0.3 is 14.4 Å². The van der Waals surface area contributed by atoms with E-state index in [9.17, 15) is 9.18 Å². The van der Waals surface area contributed by atoms with Crippen LogP contribution in [0, 0.1) is 11.7 Å². The van der Waals surface area contributed by atoms with E-state index in [-0.39, 0.29) is 23.7 Å². The number of benzene rings is 2. The standard InChI is InChI=1S/C27H25FN4O3/c1-2-34-26(33)22-16-29-24-10-11-25(30-32(22)24)31-13-12-19-15-27(19,31)21-14-20(28)8-9-23(21)35-17-18-6-4-3-5-7-18/h3-11,14,16,19H,2,12-13,15,17H2,1H3. The molecule has 0 spiro atoms. The summed E-state index contributed by atoms with van der Waals surface area (Å²) in [5, 5.41) is 4.76. The van der Waals surface area contributed by atoms with E-state index in [1.807, 2.05) is 42.5 Å². The fraction of sp³-hybridized carbons (Fsp3) is 0.296. The molecule has 178 valence electrons. The van der Waals surface area contributed by atoms with E-state index in [1.165, 1.54) is 16.8 Å². The van der Waals surface area contributed by atoms with Crippen LogP contribution in [0.5, 0.6) is 5.75 Å². The van der Waals surface area contributed by atoms with Crippen molar-refractivity contribution >= 4 is 17.4 Å². The maximum Gasteiger partial charge on any atom is 0.358 e. The molecule has 4 aromatic rings. The molecule has 0 N–H and O–H groups in total. The Kier molecular flexibility index (Phi) is 5.16. The molecule has 0 radical (unpaired) electrons. The van der Waals surface area contributed by atoms with Crippen LogP contribution in [-0.4, -0.2) is 33.7 Å². The number of esters is 1. The van der Waals surface area contributed by atoms with Gasteiger partial charge in [0.15, 0.2) is 11.3 Å². The van der Waals surface area contributed by atoms with Gasteiger partial charge in [0.1, 0.15) is 24.0 Å². The van der Waals surface area contributed by atoms with Crippen LogP contribution in [0.1, 0.15) is 41.4 Å². The van der Waals surface area contributed by atoms with E-state index < -0.39 is 5.97 Å². The van der Waals surface area contributed by atoms with Crippen LogP contribution >= 0.6 is 0 Å². The first-order chi connectivity index (χ1) is 17.1. The molecule has 2 atom stereocenters. The molecule has 2 aromatic heterocycles. The van der Waals surface area contributed by atoms with E-state index >= 15 is 0 Å². The molecule has 1 aliphatic heterocycles. The molecule has 2 aliphatic rings. The fourth-order valence-electron chi connectivity index (χ4n) is 5.32. The van der Waals surface area contributed by atoms with Crippen molar-refractivity contribution in [3.8, 4) is 5.75 Å². The topological polar surface area (TPSA) is 69.0 Å². The number of hydrogen-bond donors (Lipinski definition) is 0. The lowest BCUT2D eigenvalue weighted by molar-refractivity contribution is 0.0516. The van der Waals surface area contributed by atoms with E-state index in [4.69, 9.17) is 14.6 Å². The summed E-state index contributed by atoms with van der Waals surface area (Å²) in [5.41, 5.74) is 2.35. The summed E-state index contributed by atoms with van der Waals surface area (Å²) in [6.07, 6.45) is 3.35. The van der Waals surface area contributed by atoms with Crippen LogP contribution in [0.25, 0.3) is 5.65 Å². The van der Waals surface area contributed by atoms with Crippen molar-refractivity contribution < 1.29 is 18.7 Å². The maximum atomic E-state index is 14.5. The van der Waals surface area contributed by atoms with E-state index in [0.29, 0.717) is 29.7 Å². The van der Waals surface area contributed by atoms with Crippen molar-refractivity contribution in [2.75, 3.05) is 18.1 Å². The third kappa shape index (κ3) is 3.60. The van der Waals surface area contributed by atoms with E-state index in [0.717, 1.165) is 30.5 Å². The maximum absolute atomic E-state index is 14.5. The Morgan fingerprint density at radius 3 is 2.83 bits per heavy atom. The van der Waals surface area contributed by atoms with Gasteiger partial charge in [0.25, 0.3) is 0 Å². The SMILES string of the molecule is CCOC(=O)c1cnc2ccc(N3CCC4CC43c3cc(F)ccc3OCc3ccccc3)nn12. The molecule has 35 heavy (non-hydrogen) atoms. The summed E-state index contributed by atoms with van der Waals surface area (Å²) < 4.78 is 27.4. The second-order valence-corrected chi connectivity index (χ2v) is 9.01. The smallest absolute Gasteiger partial charge is 0.358 e. The summed E-state index contributed by atoms with van der Waals surface area (Å²) in [5.74, 6) is 1.02. The minimum atomic E-state index is -0.466. The molecule has 0 amide bonds. The summed E-state index contributed by atoms with van der Waals surface area (Å²) in [6, 6.07) is 18.4. The van der Waals surface area contributed by atoms with Gasteiger partial charge in [-0.25, -0.2) is 18.7 Å². The minimum Gasteiger partial charge on any atom is -0.489 e. The molecule has 2 unspecified atom stereocenters. The molecule has 2 fully saturated rings. The number of ether oxygens (including phenoxy) is 2. The van der Waals surface area contributed by atoms with Gasteiger partial charge in [0, 0.05) is 12.1 Å². The molecular formula is C27H25FN4O3. The van der Waals surface area contributed by atoms with E-state index in [1.54, 1.807) is 19.1 Å². The molecule has 1 saturated carbocycles. The molecule has 0 bridgehead atoms. The number of halogens is 1. The van der Waals surface area contributed by atoms with Crippen molar-refractivity contribution in [2.24, 2.45) is 5.92 Å². The number of rotatable bonds is 7. The van der Waals surface area contributed by atoms with Gasteiger partial charge in [0.05, 0.1) is 18.3 Å². The molecule has 1 saturated heterocycles. The Labute approximate surface area is 202 Å². The summed E-state index contributed by atoms with van der Waals surface area (Å²) in [6.45, 7) is 3.22. The average Bonchev–Trinajstić information content (AvgIpc) is 3.25. The van der Waals surface area contributed by atoms with Crippen molar-refractivity contribution in [1.29, 1.82) is 0 Å². The number of carbonyl (C=O) groups excluding carboxylic acids is 1. The number of imidazole rings is 1. The van der Waals surface area contributed by atoms with Gasteiger partial charge in [-0.2, -0.15) is 0 Å². The minimum absolute atomic E-state index is 0.272. The van der Waals surface area contributed by atoms with Crippen LogP contribution in [0.3, 0.4) is 0 Å². The summed E-state index contributed by atoms with van der Waals surface area (Å²) >= 11 is 0. The van der Waals surface area contributed by atoms with E-state index in [2.05, 4.69) is 9.88 Å². The Hall–Kier alpha value is -3.94. The Balaban J connectivity index is 1.37. The lowest BCUT2D eigenvalue weighted by Crippen LogP contribution is -2.34. The third-order valence-electron chi connectivity index (χ3n) is 7.01. The van der Waals surface area contributed by atoms with Gasteiger partial charge in [-0.15, -0.1) is 5.10 Å². The normalized spacial score (nSPS) is 20.6. The highest BCUT2D eigenvalue weighted by Gasteiger charge is 2.64. The zero-order chi connectivity index (χ0) is 24.0. The highest BCUT2D eigenvalue weighted by Crippen LogP contribution is 2.64. The zero-order valence-electron chi connectivity index (χ0n) is 19.4. The lowest BCUT2D eigenvalue weighted by atomic mass is 10.0. The first-order valence-electron chi connectivity index (χ1n) is 11.9. The number of carbonyl (C=O) groups is 1. The fourth-order valence-corrected chi connectivity index (χ4v) is 5.32. The van der Waals surface area contributed by atoms with Gasteiger partial charge >= 0.3 is 5.97 Å². The molecule has 2 aromatic carbocycles. The van der Waals surface area contributed by atoms with Crippen LogP contribution in [0.15, 0.2) is 66.9 Å². The molecule has 8 heteroatoms. The first kappa shape index (κ1) is 21.6. The quantitative estimate of drug-likeness (QED) is 0.362. The molecule has 3 heterocycles. The third-order valence-corrected chi connectivity index (χ3v) is 7.01. The number of nitrogens with zero attached hydrogens (tertiary/aromatic N) is 4. The highest BCUT2D eigenvalue weighted by atomic mass is 19.1. The molecule has 7 nitrogen and oxygen atoms in total. The van der Waals surface area contributed by atoms with Crippen LogP contribution in [-0.2, 0) is 16.9 Å². The number of piperidine rings is 1. The molecule has 6 rings (SSSR count). The monoisotopic (exact) mass is 472 g/mol. The Morgan fingerprint density at radius 2 is 2.03 bits per heavy atom. The van der Waals surface area contributed by atoms with Crippen LogP contribution in [0.4, 0.5) is 10.2 Å². The zero-order valence-corrected chi connectivity index (χ0v) is 19.4. The van der Waals surface area contributed by atoms with Crippen molar-refractivity contribution in [3.05, 3.63) is 89.5 Å². The van der Waals surface area contributed by atoms with Crippen LogP contribution in [0.2, 0.25) is 0 Å². The van der Waals surface area contributed by atoms with Crippen LogP contribution < -0.4 is 9.64 Å². The Bertz CT molecular complexity index is 1410. The summed E-state index contributed by atoms with van der Waals surface area (Å²) in [4.78, 5) is 18.9. The number of aromatic nitrogens is 3. The van der Waals surface area contributed by atoms with Crippen molar-refractivity contribution in [2.45, 2.75) is 31.9 Å². The predicted molar refractivity (Wildman–Crippen MR) is 128 cm³/mol. The van der Waals surface area contributed by atoms with Crippen molar-refractivity contribution in [3.63, 3.8) is 0 Å². The number of hydrogen-bond acceptors (Lipinski definition) is 6. The Morgan fingerprint density at radius 1 is 1.17 bits per heavy atom. The number of fused-ring (bicyclic) bond motifs is 2. The second-order valence-electron chi connectivity index (χ2n) is 9.01. The first-order valence-corrected chi connectivity index (χ1v) is 11.9. The lowest BCUT2D eigenvalue weighted by Gasteiger charge is -2.31. The second kappa shape index (κ2) is 8.37. The van der Waals surface area contributed by atoms with Gasteiger partial charge in [0.2, 0.25) is 0 Å². The highest BCUT2D eigenvalue weighted by molar-refractivity contribution is 5.88. The van der Waals surface area contributed by atoms with Gasteiger partial charge in [-0.3, -0.25) is 0 Å². The summed E-state index contributed by atoms with van der Waals surface area (Å²) in [7, 11) is 0. The predicted octanol–water partition coefficient (Wildman–Crippen LogP) is 4.75. The number of anilines is 1. The average molecular weight is 473 g/mol. The largest absolute Gasteiger partial charge is 0.489 e. The van der Waals surface area contributed by atoms with Gasteiger partial charge in [-0.1, -0.05) is 30.3 Å². The van der Waals surface area contributed by atoms with Crippen molar-refractivity contribution in [1.82, 2.24) is 14.6 Å². The van der Waals surface area contributed by atoms with Gasteiger partial charge in [-0.05, 0) is 61.6 Å². The molecular weight excluding hydrogens is 447 g/mol. The molecule has 1 aliphatic carbocycles.